The lowest BCUT2D eigenvalue weighted by Crippen LogP contribution is -2.33. The molecule has 0 aliphatic heterocycles. The number of rotatable bonds is 9. The number of nitrogens with zero attached hydrogens (tertiary/aromatic N) is 1. The van der Waals surface area contributed by atoms with E-state index in [1.165, 1.54) is 17.7 Å². The van der Waals surface area contributed by atoms with Crippen LogP contribution in [0.4, 0.5) is 5.69 Å². The molecule has 108 valence electrons. The highest BCUT2D eigenvalue weighted by molar-refractivity contribution is 5.48. The van der Waals surface area contributed by atoms with Gasteiger partial charge in [-0.1, -0.05) is 19.1 Å². The molecule has 0 unspecified atom stereocenters. The van der Waals surface area contributed by atoms with Crippen molar-refractivity contribution in [3.8, 4) is 0 Å². The summed E-state index contributed by atoms with van der Waals surface area (Å²) in [4.78, 5) is 2.37. The van der Waals surface area contributed by atoms with Crippen molar-refractivity contribution >= 4 is 5.69 Å². The lowest BCUT2D eigenvalue weighted by atomic mass is 10.1. The van der Waals surface area contributed by atoms with E-state index in [-0.39, 0.29) is 0 Å². The Bertz CT molecular complexity index is 335. The number of hydrogen-bond acceptors (Lipinski definition) is 3. The molecule has 1 aromatic carbocycles. The van der Waals surface area contributed by atoms with Crippen LogP contribution >= 0.6 is 0 Å². The summed E-state index contributed by atoms with van der Waals surface area (Å²) in [6.07, 6.45) is 1.18. The summed E-state index contributed by atoms with van der Waals surface area (Å²) in [6, 6.07) is 9.32. The van der Waals surface area contributed by atoms with E-state index >= 15 is 0 Å². The van der Waals surface area contributed by atoms with Crippen LogP contribution in [0.3, 0.4) is 0 Å². The zero-order chi connectivity index (χ0) is 14.1. The predicted octanol–water partition coefficient (Wildman–Crippen LogP) is 3.05. The van der Waals surface area contributed by atoms with Gasteiger partial charge in [-0.3, -0.25) is 0 Å². The first-order valence-electron chi connectivity index (χ1n) is 7.24. The minimum absolute atomic E-state index is 0.485. The Balaban J connectivity index is 2.61. The Labute approximate surface area is 118 Å². The largest absolute Gasteiger partial charge is 0.383 e. The van der Waals surface area contributed by atoms with Crippen LogP contribution in [0.25, 0.3) is 0 Å². The second kappa shape index (κ2) is 8.94. The van der Waals surface area contributed by atoms with E-state index in [0.29, 0.717) is 6.04 Å². The van der Waals surface area contributed by atoms with Crippen LogP contribution in [-0.4, -0.2) is 32.8 Å². The zero-order valence-corrected chi connectivity index (χ0v) is 12.8. The monoisotopic (exact) mass is 264 g/mol. The molecule has 0 saturated heterocycles. The van der Waals surface area contributed by atoms with Gasteiger partial charge in [-0.2, -0.15) is 0 Å². The van der Waals surface area contributed by atoms with Crippen molar-refractivity contribution in [2.75, 3.05) is 31.7 Å². The molecule has 19 heavy (non-hydrogen) atoms. The molecule has 1 aromatic rings. The molecule has 1 rings (SSSR count). The Morgan fingerprint density at radius 3 is 2.42 bits per heavy atom. The minimum Gasteiger partial charge on any atom is -0.383 e. The molecule has 0 saturated carbocycles. The molecule has 0 radical (unpaired) electrons. The van der Waals surface area contributed by atoms with Gasteiger partial charge in [0.2, 0.25) is 0 Å². The number of ether oxygens (including phenoxy) is 1. The van der Waals surface area contributed by atoms with Crippen molar-refractivity contribution in [3.63, 3.8) is 0 Å². The summed E-state index contributed by atoms with van der Waals surface area (Å²) < 4.78 is 5.18. The van der Waals surface area contributed by atoms with E-state index in [0.717, 1.165) is 26.2 Å². The second-order valence-corrected chi connectivity index (χ2v) is 5.12. The second-order valence-electron chi connectivity index (χ2n) is 5.12. The molecule has 0 aromatic heterocycles. The van der Waals surface area contributed by atoms with Gasteiger partial charge >= 0.3 is 0 Å². The van der Waals surface area contributed by atoms with Gasteiger partial charge in [0.15, 0.2) is 0 Å². The summed E-state index contributed by atoms with van der Waals surface area (Å²) in [5.74, 6) is 0. The number of hydrogen-bond donors (Lipinski definition) is 1. The molecule has 0 heterocycles. The fourth-order valence-corrected chi connectivity index (χ4v) is 2.09. The molecule has 0 atom stereocenters. The SMILES string of the molecule is CCCNCc1ccc(N(CCOC)C(C)C)cc1. The van der Waals surface area contributed by atoms with E-state index in [1.807, 2.05) is 0 Å². The molecule has 3 nitrogen and oxygen atoms in total. The van der Waals surface area contributed by atoms with Gasteiger partial charge in [0.25, 0.3) is 0 Å². The highest BCUT2D eigenvalue weighted by atomic mass is 16.5. The highest BCUT2D eigenvalue weighted by Gasteiger charge is 2.09. The Hall–Kier alpha value is -1.06. The number of methoxy groups -OCH3 is 1. The van der Waals surface area contributed by atoms with Crippen molar-refractivity contribution < 1.29 is 4.74 Å². The first-order valence-corrected chi connectivity index (χ1v) is 7.24. The van der Waals surface area contributed by atoms with Crippen molar-refractivity contribution in [3.05, 3.63) is 29.8 Å². The summed E-state index contributed by atoms with van der Waals surface area (Å²) in [6.45, 7) is 10.3. The molecule has 1 N–H and O–H groups in total. The summed E-state index contributed by atoms with van der Waals surface area (Å²) >= 11 is 0. The molecule has 0 spiro atoms. The third kappa shape index (κ3) is 5.62. The van der Waals surface area contributed by atoms with Crippen LogP contribution in [0.2, 0.25) is 0 Å². The third-order valence-corrected chi connectivity index (χ3v) is 3.18. The quantitative estimate of drug-likeness (QED) is 0.694. The maximum atomic E-state index is 5.18. The Morgan fingerprint density at radius 1 is 1.21 bits per heavy atom. The fourth-order valence-electron chi connectivity index (χ4n) is 2.09. The maximum Gasteiger partial charge on any atom is 0.0637 e. The smallest absolute Gasteiger partial charge is 0.0637 e. The number of benzene rings is 1. The Morgan fingerprint density at radius 2 is 1.89 bits per heavy atom. The van der Waals surface area contributed by atoms with Crippen molar-refractivity contribution in [1.82, 2.24) is 5.32 Å². The van der Waals surface area contributed by atoms with Gasteiger partial charge in [-0.15, -0.1) is 0 Å². The third-order valence-electron chi connectivity index (χ3n) is 3.18. The number of anilines is 1. The molecule has 0 fully saturated rings. The molecule has 0 amide bonds. The van der Waals surface area contributed by atoms with Gasteiger partial charge in [0.05, 0.1) is 6.61 Å². The fraction of sp³-hybridized carbons (Fsp3) is 0.625. The van der Waals surface area contributed by atoms with Crippen molar-refractivity contribution in [2.45, 2.75) is 39.8 Å². The van der Waals surface area contributed by atoms with E-state index in [1.54, 1.807) is 7.11 Å². The van der Waals surface area contributed by atoms with E-state index in [4.69, 9.17) is 4.74 Å². The van der Waals surface area contributed by atoms with Gasteiger partial charge in [-0.05, 0) is 44.5 Å². The molecule has 0 bridgehead atoms. The highest BCUT2D eigenvalue weighted by Crippen LogP contribution is 2.17. The lowest BCUT2D eigenvalue weighted by Gasteiger charge is -2.29. The molecular formula is C16H28N2O. The van der Waals surface area contributed by atoms with Gasteiger partial charge in [-0.25, -0.2) is 0 Å². The van der Waals surface area contributed by atoms with Gasteiger partial charge < -0.3 is 15.0 Å². The Kier molecular flexibility index (Phi) is 7.53. The topological polar surface area (TPSA) is 24.5 Å². The normalized spacial score (nSPS) is 11.0. The van der Waals surface area contributed by atoms with Gasteiger partial charge in [0.1, 0.15) is 0 Å². The van der Waals surface area contributed by atoms with E-state index < -0.39 is 0 Å². The van der Waals surface area contributed by atoms with Crippen LogP contribution in [0.5, 0.6) is 0 Å². The van der Waals surface area contributed by atoms with Crippen LogP contribution in [-0.2, 0) is 11.3 Å². The average molecular weight is 264 g/mol. The van der Waals surface area contributed by atoms with Crippen LogP contribution < -0.4 is 10.2 Å². The lowest BCUT2D eigenvalue weighted by molar-refractivity contribution is 0.204. The summed E-state index contributed by atoms with van der Waals surface area (Å²) in [5.41, 5.74) is 2.61. The van der Waals surface area contributed by atoms with Crippen LogP contribution in [0.1, 0.15) is 32.8 Å². The molecule has 0 aliphatic rings. The minimum atomic E-state index is 0.485. The molecule has 0 aliphatic carbocycles. The molecule has 3 heteroatoms. The van der Waals surface area contributed by atoms with Crippen LogP contribution in [0, 0.1) is 0 Å². The summed E-state index contributed by atoms with van der Waals surface area (Å²) in [5, 5.41) is 3.42. The van der Waals surface area contributed by atoms with Crippen molar-refractivity contribution in [1.29, 1.82) is 0 Å². The van der Waals surface area contributed by atoms with E-state index in [2.05, 4.69) is 55.3 Å². The first kappa shape index (κ1) is 16.0. The number of nitrogens with one attached hydrogen (secondary N) is 1. The first-order chi connectivity index (χ1) is 9.19. The van der Waals surface area contributed by atoms with Crippen LogP contribution in [0.15, 0.2) is 24.3 Å². The standard InChI is InChI=1S/C16H28N2O/c1-5-10-17-13-15-6-8-16(9-7-15)18(14(2)3)11-12-19-4/h6-9,14,17H,5,10-13H2,1-4H3. The van der Waals surface area contributed by atoms with Gasteiger partial charge in [0, 0.05) is 31.9 Å². The average Bonchev–Trinajstić information content (AvgIpc) is 2.41. The van der Waals surface area contributed by atoms with Crippen molar-refractivity contribution in [2.24, 2.45) is 0 Å². The van der Waals surface area contributed by atoms with E-state index in [9.17, 15) is 0 Å². The molecular weight excluding hydrogens is 236 g/mol. The maximum absolute atomic E-state index is 5.18. The predicted molar refractivity (Wildman–Crippen MR) is 82.8 cm³/mol. The summed E-state index contributed by atoms with van der Waals surface area (Å²) in [7, 11) is 1.75. The zero-order valence-electron chi connectivity index (χ0n) is 12.8.